The maximum atomic E-state index is 13.7. The number of aliphatic hydroxyl groups is 1. The van der Waals surface area contributed by atoms with Crippen molar-refractivity contribution >= 4 is 0 Å². The Balaban J connectivity index is 1.95. The lowest BCUT2D eigenvalue weighted by Crippen LogP contribution is -2.34. The van der Waals surface area contributed by atoms with Gasteiger partial charge in [-0.1, -0.05) is 38.0 Å². The van der Waals surface area contributed by atoms with Crippen LogP contribution >= 0.6 is 0 Å². The molecule has 2 atom stereocenters. The smallest absolute Gasteiger partial charge is 0.129 e. The molecule has 1 aliphatic rings. The molecule has 0 amide bonds. The molecule has 0 bridgehead atoms. The van der Waals surface area contributed by atoms with Crippen LogP contribution in [0.1, 0.15) is 44.3 Å². The molecular weight excluding hydrogens is 241 g/mol. The Bertz CT molecular complexity index is 403. The van der Waals surface area contributed by atoms with E-state index in [0.29, 0.717) is 11.6 Å². The Kier molecular flexibility index (Phi) is 4.94. The molecule has 3 heteroatoms. The van der Waals surface area contributed by atoms with Gasteiger partial charge in [0.2, 0.25) is 0 Å². The van der Waals surface area contributed by atoms with E-state index in [4.69, 9.17) is 0 Å². The minimum atomic E-state index is -0.731. The maximum absolute atomic E-state index is 13.7. The molecule has 1 saturated carbocycles. The number of nitrogens with zero attached hydrogens (tertiary/aromatic N) is 1. The van der Waals surface area contributed by atoms with Crippen LogP contribution in [0.3, 0.4) is 0 Å². The van der Waals surface area contributed by atoms with Gasteiger partial charge in [0.15, 0.2) is 0 Å². The topological polar surface area (TPSA) is 23.5 Å². The Morgan fingerprint density at radius 1 is 1.32 bits per heavy atom. The van der Waals surface area contributed by atoms with Gasteiger partial charge in [0.05, 0.1) is 6.10 Å². The van der Waals surface area contributed by atoms with Crippen LogP contribution in [0.5, 0.6) is 0 Å². The summed E-state index contributed by atoms with van der Waals surface area (Å²) in [4.78, 5) is 2.32. The number of halogens is 1. The van der Waals surface area contributed by atoms with Crippen LogP contribution in [-0.2, 0) is 0 Å². The van der Waals surface area contributed by atoms with Crippen LogP contribution in [-0.4, -0.2) is 29.6 Å². The Hall–Kier alpha value is -0.930. The SMILES string of the molecule is CC(CN(C)C1CCCC1)C(O)c1ccccc1F. The molecule has 106 valence electrons. The number of rotatable bonds is 5. The van der Waals surface area contributed by atoms with E-state index in [9.17, 15) is 9.50 Å². The highest BCUT2D eigenvalue weighted by molar-refractivity contribution is 5.20. The minimum Gasteiger partial charge on any atom is -0.388 e. The minimum absolute atomic E-state index is 0.0301. The summed E-state index contributed by atoms with van der Waals surface area (Å²) in [6.07, 6.45) is 4.38. The highest BCUT2D eigenvalue weighted by Crippen LogP contribution is 2.27. The zero-order valence-electron chi connectivity index (χ0n) is 11.8. The third kappa shape index (κ3) is 3.54. The van der Waals surface area contributed by atoms with Crippen molar-refractivity contribution in [2.24, 2.45) is 5.92 Å². The average molecular weight is 265 g/mol. The molecule has 1 aromatic carbocycles. The standard InChI is InChI=1S/C16H24FNO/c1-12(11-18(2)13-7-3-4-8-13)16(19)14-9-5-6-10-15(14)17/h5-6,9-10,12-13,16,19H,3-4,7-8,11H2,1-2H3. The fourth-order valence-corrected chi connectivity index (χ4v) is 3.07. The van der Waals surface area contributed by atoms with E-state index in [1.54, 1.807) is 18.2 Å². The average Bonchev–Trinajstić information content (AvgIpc) is 2.92. The van der Waals surface area contributed by atoms with Gasteiger partial charge in [-0.15, -0.1) is 0 Å². The highest BCUT2D eigenvalue weighted by Gasteiger charge is 2.25. The van der Waals surface area contributed by atoms with Crippen molar-refractivity contribution in [3.8, 4) is 0 Å². The first-order chi connectivity index (χ1) is 9.09. The van der Waals surface area contributed by atoms with Crippen LogP contribution in [0.15, 0.2) is 24.3 Å². The van der Waals surface area contributed by atoms with Gasteiger partial charge >= 0.3 is 0 Å². The molecule has 0 radical (unpaired) electrons. The quantitative estimate of drug-likeness (QED) is 0.882. The molecular formula is C16H24FNO. The van der Waals surface area contributed by atoms with Gasteiger partial charge in [-0.3, -0.25) is 0 Å². The lowest BCUT2D eigenvalue weighted by Gasteiger charge is -2.29. The van der Waals surface area contributed by atoms with E-state index < -0.39 is 6.10 Å². The number of hydrogen-bond acceptors (Lipinski definition) is 2. The molecule has 19 heavy (non-hydrogen) atoms. The first-order valence-corrected chi connectivity index (χ1v) is 7.22. The van der Waals surface area contributed by atoms with Gasteiger partial charge in [0.25, 0.3) is 0 Å². The van der Waals surface area contributed by atoms with Crippen LogP contribution in [0.2, 0.25) is 0 Å². The molecule has 1 aromatic rings. The summed E-state index contributed by atoms with van der Waals surface area (Å²) in [6.45, 7) is 2.79. The summed E-state index contributed by atoms with van der Waals surface area (Å²) in [6, 6.07) is 7.14. The van der Waals surface area contributed by atoms with Crippen LogP contribution in [0, 0.1) is 11.7 Å². The molecule has 0 spiro atoms. The third-order valence-corrected chi connectivity index (χ3v) is 4.29. The lowest BCUT2D eigenvalue weighted by molar-refractivity contribution is 0.0813. The molecule has 0 heterocycles. The van der Waals surface area contributed by atoms with E-state index in [1.807, 2.05) is 6.92 Å². The van der Waals surface area contributed by atoms with Crippen molar-refractivity contribution in [3.05, 3.63) is 35.6 Å². The second-order valence-electron chi connectivity index (χ2n) is 5.82. The van der Waals surface area contributed by atoms with E-state index in [-0.39, 0.29) is 11.7 Å². The molecule has 2 rings (SSSR count). The van der Waals surface area contributed by atoms with Gasteiger partial charge < -0.3 is 10.0 Å². The fraction of sp³-hybridized carbons (Fsp3) is 0.625. The molecule has 1 fully saturated rings. The summed E-state index contributed by atoms with van der Waals surface area (Å²) < 4.78 is 13.7. The lowest BCUT2D eigenvalue weighted by atomic mass is 9.96. The Labute approximate surface area is 115 Å². The van der Waals surface area contributed by atoms with Crippen molar-refractivity contribution in [2.75, 3.05) is 13.6 Å². The first kappa shape index (κ1) is 14.5. The summed E-state index contributed by atoms with van der Waals surface area (Å²) in [7, 11) is 2.11. The van der Waals surface area contributed by atoms with Crippen molar-refractivity contribution in [1.82, 2.24) is 4.90 Å². The molecule has 0 saturated heterocycles. The van der Waals surface area contributed by atoms with Crippen LogP contribution in [0.4, 0.5) is 4.39 Å². The summed E-state index contributed by atoms with van der Waals surface area (Å²) >= 11 is 0. The van der Waals surface area contributed by atoms with Gasteiger partial charge in [-0.2, -0.15) is 0 Å². The van der Waals surface area contributed by atoms with Gasteiger partial charge in [0, 0.05) is 18.2 Å². The monoisotopic (exact) mass is 265 g/mol. The van der Waals surface area contributed by atoms with E-state index in [0.717, 1.165) is 6.54 Å². The molecule has 0 aliphatic heterocycles. The predicted molar refractivity (Wildman–Crippen MR) is 75.4 cm³/mol. The second kappa shape index (κ2) is 6.49. The molecule has 1 aliphatic carbocycles. The molecule has 2 nitrogen and oxygen atoms in total. The molecule has 2 unspecified atom stereocenters. The summed E-state index contributed by atoms with van der Waals surface area (Å²) in [5.41, 5.74) is 0.412. The van der Waals surface area contributed by atoms with Gasteiger partial charge in [-0.05, 0) is 31.9 Å². The van der Waals surface area contributed by atoms with Gasteiger partial charge in [0.1, 0.15) is 5.82 Å². The highest BCUT2D eigenvalue weighted by atomic mass is 19.1. The fourth-order valence-electron chi connectivity index (χ4n) is 3.07. The van der Waals surface area contributed by atoms with Crippen molar-refractivity contribution in [3.63, 3.8) is 0 Å². The van der Waals surface area contributed by atoms with Crippen molar-refractivity contribution in [2.45, 2.75) is 44.8 Å². The van der Waals surface area contributed by atoms with Crippen LogP contribution < -0.4 is 0 Å². The van der Waals surface area contributed by atoms with Gasteiger partial charge in [-0.25, -0.2) is 4.39 Å². The summed E-state index contributed by atoms with van der Waals surface area (Å²) in [5.74, 6) is -0.284. The predicted octanol–water partition coefficient (Wildman–Crippen LogP) is 3.37. The third-order valence-electron chi connectivity index (χ3n) is 4.29. The first-order valence-electron chi connectivity index (χ1n) is 7.22. The van der Waals surface area contributed by atoms with E-state index >= 15 is 0 Å². The molecule has 0 aromatic heterocycles. The van der Waals surface area contributed by atoms with Crippen molar-refractivity contribution in [1.29, 1.82) is 0 Å². The van der Waals surface area contributed by atoms with Crippen LogP contribution in [0.25, 0.3) is 0 Å². The number of aliphatic hydroxyl groups excluding tert-OH is 1. The zero-order valence-corrected chi connectivity index (χ0v) is 11.8. The number of benzene rings is 1. The Morgan fingerprint density at radius 3 is 2.58 bits per heavy atom. The van der Waals surface area contributed by atoms with Crippen molar-refractivity contribution < 1.29 is 9.50 Å². The summed E-state index contributed by atoms with van der Waals surface area (Å²) in [5, 5.41) is 10.3. The van der Waals surface area contributed by atoms with E-state index in [1.165, 1.54) is 31.7 Å². The maximum Gasteiger partial charge on any atom is 0.129 e. The number of hydrogen-bond donors (Lipinski definition) is 1. The molecule has 1 N–H and O–H groups in total. The zero-order chi connectivity index (χ0) is 13.8. The second-order valence-corrected chi connectivity index (χ2v) is 5.82. The normalized spacial score (nSPS) is 19.8. The largest absolute Gasteiger partial charge is 0.388 e. The van der Waals surface area contributed by atoms with E-state index in [2.05, 4.69) is 11.9 Å². The Morgan fingerprint density at radius 2 is 1.95 bits per heavy atom.